The molecule has 0 spiro atoms. The van der Waals surface area contributed by atoms with Crippen LogP contribution in [-0.4, -0.2) is 23.7 Å². The van der Waals surface area contributed by atoms with Gasteiger partial charge in [-0.1, -0.05) is 32.9 Å². The molecule has 0 bridgehead atoms. The monoisotopic (exact) mass is 250 g/mol. The summed E-state index contributed by atoms with van der Waals surface area (Å²) in [5, 5.41) is 12.5. The van der Waals surface area contributed by atoms with Gasteiger partial charge in [0.1, 0.15) is 0 Å². The number of para-hydroxylation sites is 1. The van der Waals surface area contributed by atoms with Crippen molar-refractivity contribution in [1.82, 2.24) is 5.32 Å². The summed E-state index contributed by atoms with van der Waals surface area (Å²) in [7, 11) is 0. The Labute approximate surface area is 108 Å². The third-order valence-corrected chi connectivity index (χ3v) is 2.55. The SMILES string of the molecule is CC(C)(C)CC(O)CNC(=O)c1ccccc1N. The van der Waals surface area contributed by atoms with Crippen LogP contribution in [0.1, 0.15) is 37.6 Å². The van der Waals surface area contributed by atoms with E-state index in [1.165, 1.54) is 0 Å². The molecule has 4 heteroatoms. The summed E-state index contributed by atoms with van der Waals surface area (Å²) in [6.45, 7) is 6.39. The van der Waals surface area contributed by atoms with Gasteiger partial charge in [0.15, 0.2) is 0 Å². The Hall–Kier alpha value is -1.55. The number of amides is 1. The highest BCUT2D eigenvalue weighted by atomic mass is 16.3. The van der Waals surface area contributed by atoms with Gasteiger partial charge >= 0.3 is 0 Å². The van der Waals surface area contributed by atoms with Gasteiger partial charge in [-0.05, 0) is 24.0 Å². The van der Waals surface area contributed by atoms with Crippen molar-refractivity contribution in [2.75, 3.05) is 12.3 Å². The summed E-state index contributed by atoms with van der Waals surface area (Å²) in [6, 6.07) is 6.89. The average molecular weight is 250 g/mol. The summed E-state index contributed by atoms with van der Waals surface area (Å²) in [5.41, 5.74) is 6.63. The van der Waals surface area contributed by atoms with Crippen molar-refractivity contribution in [3.63, 3.8) is 0 Å². The zero-order chi connectivity index (χ0) is 13.8. The zero-order valence-electron chi connectivity index (χ0n) is 11.2. The van der Waals surface area contributed by atoms with Gasteiger partial charge in [-0.2, -0.15) is 0 Å². The summed E-state index contributed by atoms with van der Waals surface area (Å²) in [5.74, 6) is -0.249. The summed E-state index contributed by atoms with van der Waals surface area (Å²) < 4.78 is 0. The van der Waals surface area contributed by atoms with E-state index in [4.69, 9.17) is 5.73 Å². The van der Waals surface area contributed by atoms with Crippen LogP contribution >= 0.6 is 0 Å². The lowest BCUT2D eigenvalue weighted by molar-refractivity contribution is 0.0869. The highest BCUT2D eigenvalue weighted by molar-refractivity contribution is 5.99. The van der Waals surface area contributed by atoms with Crippen molar-refractivity contribution in [3.8, 4) is 0 Å². The van der Waals surface area contributed by atoms with Crippen LogP contribution in [0, 0.1) is 5.41 Å². The number of nitrogens with one attached hydrogen (secondary N) is 1. The summed E-state index contributed by atoms with van der Waals surface area (Å²) >= 11 is 0. The Morgan fingerprint density at radius 1 is 1.39 bits per heavy atom. The van der Waals surface area contributed by atoms with E-state index in [1.54, 1.807) is 24.3 Å². The Morgan fingerprint density at radius 2 is 2.00 bits per heavy atom. The van der Waals surface area contributed by atoms with Crippen LogP contribution < -0.4 is 11.1 Å². The van der Waals surface area contributed by atoms with E-state index < -0.39 is 6.10 Å². The van der Waals surface area contributed by atoms with E-state index >= 15 is 0 Å². The molecule has 1 rings (SSSR count). The minimum Gasteiger partial charge on any atom is -0.398 e. The van der Waals surface area contributed by atoms with Crippen LogP contribution in [0.5, 0.6) is 0 Å². The molecule has 0 fully saturated rings. The predicted molar refractivity (Wildman–Crippen MR) is 73.3 cm³/mol. The number of carbonyl (C=O) groups excluding carboxylic acids is 1. The van der Waals surface area contributed by atoms with Gasteiger partial charge in [0, 0.05) is 12.2 Å². The zero-order valence-corrected chi connectivity index (χ0v) is 11.2. The molecule has 100 valence electrons. The number of aliphatic hydroxyl groups excluding tert-OH is 1. The van der Waals surface area contributed by atoms with E-state index in [2.05, 4.69) is 5.32 Å². The molecule has 4 N–H and O–H groups in total. The fourth-order valence-corrected chi connectivity index (χ4v) is 1.79. The molecule has 1 unspecified atom stereocenters. The van der Waals surface area contributed by atoms with Crippen LogP contribution in [0.3, 0.4) is 0 Å². The maximum absolute atomic E-state index is 11.8. The van der Waals surface area contributed by atoms with E-state index in [1.807, 2.05) is 20.8 Å². The molecule has 0 aliphatic heterocycles. The number of nitrogen functional groups attached to an aromatic ring is 1. The van der Waals surface area contributed by atoms with Crippen molar-refractivity contribution >= 4 is 11.6 Å². The largest absolute Gasteiger partial charge is 0.398 e. The molecule has 0 saturated heterocycles. The summed E-state index contributed by atoms with van der Waals surface area (Å²) in [6.07, 6.45) is 0.0938. The Bertz CT molecular complexity index is 411. The second kappa shape index (κ2) is 5.87. The molecule has 0 aromatic heterocycles. The number of carbonyl (C=O) groups is 1. The molecule has 0 aliphatic carbocycles. The van der Waals surface area contributed by atoms with Gasteiger partial charge in [0.05, 0.1) is 11.7 Å². The van der Waals surface area contributed by atoms with Crippen molar-refractivity contribution in [3.05, 3.63) is 29.8 Å². The molecule has 4 nitrogen and oxygen atoms in total. The van der Waals surface area contributed by atoms with Gasteiger partial charge in [-0.15, -0.1) is 0 Å². The van der Waals surface area contributed by atoms with E-state index in [-0.39, 0.29) is 17.9 Å². The van der Waals surface area contributed by atoms with Gasteiger partial charge < -0.3 is 16.2 Å². The lowest BCUT2D eigenvalue weighted by Gasteiger charge is -2.22. The topological polar surface area (TPSA) is 75.3 Å². The quantitative estimate of drug-likeness (QED) is 0.713. The number of rotatable bonds is 4. The summed E-state index contributed by atoms with van der Waals surface area (Å²) in [4.78, 5) is 11.8. The van der Waals surface area contributed by atoms with E-state index in [0.29, 0.717) is 17.7 Å². The van der Waals surface area contributed by atoms with Gasteiger partial charge in [0.2, 0.25) is 0 Å². The molecule has 1 aromatic carbocycles. The minimum absolute atomic E-state index is 0.0376. The average Bonchev–Trinajstić information content (AvgIpc) is 2.24. The number of hydrogen-bond donors (Lipinski definition) is 3. The highest BCUT2D eigenvalue weighted by Gasteiger charge is 2.17. The minimum atomic E-state index is -0.543. The molecule has 1 atom stereocenters. The maximum Gasteiger partial charge on any atom is 0.253 e. The van der Waals surface area contributed by atoms with Crippen molar-refractivity contribution in [2.45, 2.75) is 33.3 Å². The predicted octanol–water partition coefficient (Wildman–Crippen LogP) is 1.80. The van der Waals surface area contributed by atoms with Gasteiger partial charge in [0.25, 0.3) is 5.91 Å². The first-order valence-corrected chi connectivity index (χ1v) is 6.10. The smallest absolute Gasteiger partial charge is 0.253 e. The van der Waals surface area contributed by atoms with Crippen LogP contribution in [0.15, 0.2) is 24.3 Å². The number of aliphatic hydroxyl groups is 1. The fraction of sp³-hybridized carbons (Fsp3) is 0.500. The van der Waals surface area contributed by atoms with E-state index in [0.717, 1.165) is 0 Å². The Kier molecular flexibility index (Phi) is 4.73. The molecule has 0 heterocycles. The number of benzene rings is 1. The molecule has 1 aromatic rings. The second-order valence-corrected chi connectivity index (χ2v) is 5.72. The first-order valence-electron chi connectivity index (χ1n) is 6.10. The normalized spacial score (nSPS) is 13.1. The molecule has 1 amide bonds. The van der Waals surface area contributed by atoms with Crippen molar-refractivity contribution < 1.29 is 9.90 Å². The number of anilines is 1. The van der Waals surface area contributed by atoms with Crippen LogP contribution in [-0.2, 0) is 0 Å². The maximum atomic E-state index is 11.8. The molecule has 0 aliphatic rings. The molecule has 0 saturated carbocycles. The number of nitrogens with two attached hydrogens (primary N) is 1. The molecule has 0 radical (unpaired) electrons. The van der Waals surface area contributed by atoms with Gasteiger partial charge in [-0.25, -0.2) is 0 Å². The van der Waals surface area contributed by atoms with Crippen LogP contribution in [0.25, 0.3) is 0 Å². The lowest BCUT2D eigenvalue weighted by atomic mass is 9.89. The van der Waals surface area contributed by atoms with Crippen LogP contribution in [0.2, 0.25) is 0 Å². The third-order valence-electron chi connectivity index (χ3n) is 2.55. The van der Waals surface area contributed by atoms with E-state index in [9.17, 15) is 9.90 Å². The highest BCUT2D eigenvalue weighted by Crippen LogP contribution is 2.20. The second-order valence-electron chi connectivity index (χ2n) is 5.72. The van der Waals surface area contributed by atoms with Crippen molar-refractivity contribution in [2.24, 2.45) is 5.41 Å². The molecule has 18 heavy (non-hydrogen) atoms. The van der Waals surface area contributed by atoms with Crippen LogP contribution in [0.4, 0.5) is 5.69 Å². The standard InChI is InChI=1S/C14H22N2O2/c1-14(2,3)8-10(17)9-16-13(18)11-6-4-5-7-12(11)15/h4-7,10,17H,8-9,15H2,1-3H3,(H,16,18). The lowest BCUT2D eigenvalue weighted by Crippen LogP contribution is -2.34. The third kappa shape index (κ3) is 4.75. The first-order chi connectivity index (χ1) is 8.29. The Balaban J connectivity index is 2.50. The fourth-order valence-electron chi connectivity index (χ4n) is 1.79. The Morgan fingerprint density at radius 3 is 2.56 bits per heavy atom. The number of hydrogen-bond acceptors (Lipinski definition) is 3. The van der Waals surface area contributed by atoms with Gasteiger partial charge in [-0.3, -0.25) is 4.79 Å². The first kappa shape index (κ1) is 14.5. The van der Waals surface area contributed by atoms with Crippen molar-refractivity contribution in [1.29, 1.82) is 0 Å². The molecular weight excluding hydrogens is 228 g/mol. The molecular formula is C14H22N2O2.